The Bertz CT molecular complexity index is 1180. The van der Waals surface area contributed by atoms with Crippen molar-refractivity contribution in [2.75, 3.05) is 25.9 Å². The SMILES string of the molecule is COc1cc(C)cc2cc(-c3cn(C4CCCNC4)c4ncnc(N)c34)sc12.Cl. The molecular weight excluding hydrogens is 406 g/mol. The third kappa shape index (κ3) is 3.33. The predicted molar refractivity (Wildman–Crippen MR) is 122 cm³/mol. The van der Waals surface area contributed by atoms with Crippen LogP contribution in [-0.2, 0) is 0 Å². The maximum absolute atomic E-state index is 6.31. The van der Waals surface area contributed by atoms with E-state index in [4.69, 9.17) is 10.5 Å². The second-order valence-corrected chi connectivity index (χ2v) is 8.46. The van der Waals surface area contributed by atoms with E-state index in [1.807, 2.05) is 0 Å². The van der Waals surface area contributed by atoms with E-state index in [1.54, 1.807) is 24.8 Å². The van der Waals surface area contributed by atoms with Crippen LogP contribution in [0.2, 0.25) is 0 Å². The highest BCUT2D eigenvalue weighted by atomic mass is 35.5. The average molecular weight is 430 g/mol. The summed E-state index contributed by atoms with van der Waals surface area (Å²) in [7, 11) is 1.72. The molecular formula is C21H24ClN5OS. The molecule has 0 amide bonds. The minimum atomic E-state index is 0. The van der Waals surface area contributed by atoms with E-state index in [1.165, 1.54) is 17.4 Å². The molecule has 0 spiro atoms. The Morgan fingerprint density at radius 3 is 2.90 bits per heavy atom. The first-order valence-electron chi connectivity index (χ1n) is 9.56. The number of rotatable bonds is 3. The summed E-state index contributed by atoms with van der Waals surface area (Å²) in [6.07, 6.45) is 6.07. The van der Waals surface area contributed by atoms with Gasteiger partial charge in [0.15, 0.2) is 0 Å². The maximum Gasteiger partial charge on any atom is 0.146 e. The first-order valence-corrected chi connectivity index (χ1v) is 10.4. The van der Waals surface area contributed by atoms with E-state index < -0.39 is 0 Å². The number of methoxy groups -OCH3 is 1. The van der Waals surface area contributed by atoms with Gasteiger partial charge in [0.25, 0.3) is 0 Å². The van der Waals surface area contributed by atoms with Crippen LogP contribution >= 0.6 is 23.7 Å². The highest BCUT2D eigenvalue weighted by molar-refractivity contribution is 7.22. The third-order valence-corrected chi connectivity index (χ3v) is 6.71. The van der Waals surface area contributed by atoms with Crippen molar-refractivity contribution in [2.24, 2.45) is 0 Å². The Hall–Kier alpha value is -2.35. The molecule has 0 saturated carbocycles. The van der Waals surface area contributed by atoms with Crippen molar-refractivity contribution in [3.05, 3.63) is 36.3 Å². The number of aryl methyl sites for hydroxylation is 1. The number of hydrogen-bond donors (Lipinski definition) is 2. The Morgan fingerprint density at radius 2 is 2.14 bits per heavy atom. The number of nitrogen functional groups attached to an aromatic ring is 1. The van der Waals surface area contributed by atoms with Crippen LogP contribution in [0.25, 0.3) is 31.6 Å². The van der Waals surface area contributed by atoms with Crippen LogP contribution < -0.4 is 15.8 Å². The molecule has 6 nitrogen and oxygen atoms in total. The van der Waals surface area contributed by atoms with Crippen molar-refractivity contribution in [3.63, 3.8) is 0 Å². The van der Waals surface area contributed by atoms with E-state index in [-0.39, 0.29) is 12.4 Å². The number of piperidine rings is 1. The van der Waals surface area contributed by atoms with Crippen LogP contribution in [0.1, 0.15) is 24.4 Å². The van der Waals surface area contributed by atoms with Gasteiger partial charge in [-0.2, -0.15) is 0 Å². The predicted octanol–water partition coefficient (Wildman–Crippen LogP) is 4.56. The normalized spacial score (nSPS) is 16.8. The summed E-state index contributed by atoms with van der Waals surface area (Å²) in [5, 5.41) is 5.62. The molecule has 1 aromatic carbocycles. The lowest BCUT2D eigenvalue weighted by atomic mass is 10.1. The Balaban J connectivity index is 0.00000205. The number of aromatic nitrogens is 3. The van der Waals surface area contributed by atoms with Crippen LogP contribution in [0.5, 0.6) is 5.75 Å². The zero-order chi connectivity index (χ0) is 19.3. The molecule has 4 heterocycles. The molecule has 8 heteroatoms. The fourth-order valence-electron chi connectivity index (χ4n) is 4.19. The summed E-state index contributed by atoms with van der Waals surface area (Å²) in [5.74, 6) is 1.44. The first-order chi connectivity index (χ1) is 13.7. The van der Waals surface area contributed by atoms with Crippen molar-refractivity contribution in [1.29, 1.82) is 0 Å². The molecule has 0 aliphatic carbocycles. The minimum absolute atomic E-state index is 0. The quantitative estimate of drug-likeness (QED) is 0.499. The highest BCUT2D eigenvalue weighted by Gasteiger charge is 2.23. The second kappa shape index (κ2) is 7.82. The fourth-order valence-corrected chi connectivity index (χ4v) is 5.34. The van der Waals surface area contributed by atoms with Crippen molar-refractivity contribution in [3.8, 4) is 16.2 Å². The molecule has 29 heavy (non-hydrogen) atoms. The molecule has 1 unspecified atom stereocenters. The fraction of sp³-hybridized carbons (Fsp3) is 0.333. The van der Waals surface area contributed by atoms with E-state index >= 15 is 0 Å². The molecule has 4 aromatic rings. The molecule has 0 bridgehead atoms. The highest BCUT2D eigenvalue weighted by Crippen LogP contribution is 2.43. The van der Waals surface area contributed by atoms with E-state index in [9.17, 15) is 0 Å². The number of nitrogens with one attached hydrogen (secondary N) is 1. The molecule has 1 aliphatic rings. The molecule has 5 rings (SSSR count). The Kier molecular flexibility index (Phi) is 5.38. The summed E-state index contributed by atoms with van der Waals surface area (Å²) in [6.45, 7) is 4.12. The number of anilines is 1. The minimum Gasteiger partial charge on any atom is -0.495 e. The van der Waals surface area contributed by atoms with Crippen LogP contribution in [0, 0.1) is 6.92 Å². The maximum atomic E-state index is 6.31. The monoisotopic (exact) mass is 429 g/mol. The average Bonchev–Trinajstić information content (AvgIpc) is 3.30. The van der Waals surface area contributed by atoms with Crippen LogP contribution in [-0.4, -0.2) is 34.7 Å². The Labute approximate surface area is 179 Å². The number of benzene rings is 1. The zero-order valence-electron chi connectivity index (χ0n) is 16.4. The number of ether oxygens (including phenoxy) is 1. The summed E-state index contributed by atoms with van der Waals surface area (Å²) in [6, 6.07) is 6.88. The second-order valence-electron chi connectivity index (χ2n) is 7.40. The van der Waals surface area contributed by atoms with Crippen LogP contribution in [0.4, 0.5) is 5.82 Å². The van der Waals surface area contributed by atoms with Gasteiger partial charge >= 0.3 is 0 Å². The van der Waals surface area contributed by atoms with Gasteiger partial charge in [-0.05, 0) is 49.4 Å². The number of nitrogens with zero attached hydrogens (tertiary/aromatic N) is 3. The van der Waals surface area contributed by atoms with Gasteiger partial charge in [0.2, 0.25) is 0 Å². The number of hydrogen-bond acceptors (Lipinski definition) is 6. The van der Waals surface area contributed by atoms with Gasteiger partial charge in [0.1, 0.15) is 23.5 Å². The largest absolute Gasteiger partial charge is 0.495 e. The van der Waals surface area contributed by atoms with E-state index in [2.05, 4.69) is 51.2 Å². The molecule has 1 aliphatic heterocycles. The smallest absolute Gasteiger partial charge is 0.146 e. The van der Waals surface area contributed by atoms with Gasteiger partial charge in [0, 0.05) is 29.2 Å². The molecule has 3 aromatic heterocycles. The van der Waals surface area contributed by atoms with Gasteiger partial charge in [-0.1, -0.05) is 6.07 Å². The molecule has 1 fully saturated rings. The van der Waals surface area contributed by atoms with Gasteiger partial charge in [0.05, 0.1) is 17.2 Å². The van der Waals surface area contributed by atoms with E-state index in [0.29, 0.717) is 11.9 Å². The van der Waals surface area contributed by atoms with Crippen LogP contribution in [0.3, 0.4) is 0 Å². The number of nitrogens with two attached hydrogens (primary N) is 1. The van der Waals surface area contributed by atoms with Crippen molar-refractivity contribution < 1.29 is 4.74 Å². The zero-order valence-corrected chi connectivity index (χ0v) is 18.1. The first kappa shape index (κ1) is 19.9. The molecule has 3 N–H and O–H groups in total. The lowest BCUT2D eigenvalue weighted by Crippen LogP contribution is -2.31. The topological polar surface area (TPSA) is 78.0 Å². The molecule has 1 saturated heterocycles. The number of halogens is 1. The molecule has 0 radical (unpaired) electrons. The van der Waals surface area contributed by atoms with Gasteiger partial charge in [-0.15, -0.1) is 23.7 Å². The Morgan fingerprint density at radius 1 is 1.28 bits per heavy atom. The van der Waals surface area contributed by atoms with Gasteiger partial charge < -0.3 is 20.4 Å². The van der Waals surface area contributed by atoms with Crippen molar-refractivity contribution in [1.82, 2.24) is 19.9 Å². The number of thiophene rings is 1. The lowest BCUT2D eigenvalue weighted by Gasteiger charge is -2.24. The summed E-state index contributed by atoms with van der Waals surface area (Å²) in [4.78, 5) is 10.0. The van der Waals surface area contributed by atoms with Crippen molar-refractivity contribution in [2.45, 2.75) is 25.8 Å². The standard InChI is InChI=1S/C21H23N5OS.ClH/c1-12-6-13-8-17(28-19(13)16(7-12)27-2)15-10-26(14-4-3-5-23-9-14)21-18(15)20(22)24-11-25-21;/h6-8,10-11,14,23H,3-5,9H2,1-2H3,(H2,22,24,25);1H. The summed E-state index contributed by atoms with van der Waals surface area (Å²) < 4.78 is 9.05. The van der Waals surface area contributed by atoms with Crippen LogP contribution in [0.15, 0.2) is 30.7 Å². The summed E-state index contributed by atoms with van der Waals surface area (Å²) in [5.41, 5.74) is 9.51. The third-order valence-electron chi connectivity index (χ3n) is 5.51. The molecule has 152 valence electrons. The number of fused-ring (bicyclic) bond motifs is 2. The molecule has 1 atom stereocenters. The summed E-state index contributed by atoms with van der Waals surface area (Å²) >= 11 is 1.73. The lowest BCUT2D eigenvalue weighted by molar-refractivity contribution is 0.378. The van der Waals surface area contributed by atoms with E-state index in [0.717, 1.165) is 51.4 Å². The van der Waals surface area contributed by atoms with Gasteiger partial charge in [-0.25, -0.2) is 9.97 Å². The van der Waals surface area contributed by atoms with Crippen molar-refractivity contribution >= 4 is 50.7 Å². The van der Waals surface area contributed by atoms with Gasteiger partial charge in [-0.3, -0.25) is 0 Å².